The van der Waals surface area contributed by atoms with Gasteiger partial charge in [0, 0.05) is 11.8 Å². The molecule has 108 valence electrons. The highest BCUT2D eigenvalue weighted by Crippen LogP contribution is 2.36. The van der Waals surface area contributed by atoms with Crippen molar-refractivity contribution in [2.24, 2.45) is 0 Å². The van der Waals surface area contributed by atoms with E-state index in [2.05, 4.69) is 5.32 Å². The van der Waals surface area contributed by atoms with Crippen LogP contribution in [0.1, 0.15) is 23.6 Å². The number of nitrogens with zero attached hydrogens (tertiary/aromatic N) is 1. The van der Waals surface area contributed by atoms with E-state index in [-0.39, 0.29) is 22.6 Å². The molecule has 2 aromatic carbocycles. The van der Waals surface area contributed by atoms with Crippen LogP contribution in [0.3, 0.4) is 0 Å². The third-order valence-corrected chi connectivity index (χ3v) is 4.00. The van der Waals surface area contributed by atoms with Crippen molar-refractivity contribution in [3.05, 3.63) is 68.5 Å². The first-order valence-corrected chi connectivity index (χ1v) is 6.92. The van der Waals surface area contributed by atoms with Crippen LogP contribution in [0.5, 0.6) is 0 Å². The minimum atomic E-state index is -0.521. The highest BCUT2D eigenvalue weighted by molar-refractivity contribution is 6.32. The molecule has 0 amide bonds. The van der Waals surface area contributed by atoms with E-state index in [9.17, 15) is 14.5 Å². The average molecular weight is 307 g/mol. The summed E-state index contributed by atoms with van der Waals surface area (Å²) in [6.07, 6.45) is 1.46. The van der Waals surface area contributed by atoms with Gasteiger partial charge in [0.15, 0.2) is 0 Å². The standard InChI is InChI=1S/C15H12ClFN2O2/c16-12-8-9(4-7-15(12)19(20)21)18-14-6-5-10-11(14)2-1-3-13(10)17/h1-4,7-8,14,18H,5-6H2. The van der Waals surface area contributed by atoms with E-state index in [1.165, 1.54) is 18.2 Å². The van der Waals surface area contributed by atoms with E-state index in [1.54, 1.807) is 12.1 Å². The molecule has 0 radical (unpaired) electrons. The zero-order chi connectivity index (χ0) is 15.0. The lowest BCUT2D eigenvalue weighted by molar-refractivity contribution is -0.384. The number of halogens is 2. The van der Waals surface area contributed by atoms with Gasteiger partial charge in [-0.25, -0.2) is 4.39 Å². The summed E-state index contributed by atoms with van der Waals surface area (Å²) in [5.41, 5.74) is 2.24. The van der Waals surface area contributed by atoms with Crippen molar-refractivity contribution in [3.8, 4) is 0 Å². The van der Waals surface area contributed by atoms with Gasteiger partial charge in [-0.05, 0) is 42.2 Å². The molecule has 0 bridgehead atoms. The zero-order valence-electron chi connectivity index (χ0n) is 11.0. The number of fused-ring (bicyclic) bond motifs is 1. The number of nitro benzene ring substituents is 1. The number of hydrogen-bond acceptors (Lipinski definition) is 3. The van der Waals surface area contributed by atoms with Crippen LogP contribution in [-0.2, 0) is 6.42 Å². The number of benzene rings is 2. The topological polar surface area (TPSA) is 55.2 Å². The predicted molar refractivity (Wildman–Crippen MR) is 79.2 cm³/mol. The van der Waals surface area contributed by atoms with Crippen molar-refractivity contribution in [1.29, 1.82) is 0 Å². The summed E-state index contributed by atoms with van der Waals surface area (Å²) in [5.74, 6) is -0.182. The Morgan fingerprint density at radius 1 is 1.33 bits per heavy atom. The quantitative estimate of drug-likeness (QED) is 0.671. The average Bonchev–Trinajstić information content (AvgIpc) is 2.83. The molecular formula is C15H12ClFN2O2. The highest BCUT2D eigenvalue weighted by Gasteiger charge is 2.25. The normalized spacial score (nSPS) is 16.6. The SMILES string of the molecule is O=[N+]([O-])c1ccc(NC2CCc3c(F)cccc32)cc1Cl. The second-order valence-electron chi connectivity index (χ2n) is 4.97. The summed E-state index contributed by atoms with van der Waals surface area (Å²) in [7, 11) is 0. The number of nitro groups is 1. The third-order valence-electron chi connectivity index (χ3n) is 3.70. The van der Waals surface area contributed by atoms with Crippen molar-refractivity contribution in [3.63, 3.8) is 0 Å². The summed E-state index contributed by atoms with van der Waals surface area (Å²) >= 11 is 5.89. The maximum atomic E-state index is 13.7. The molecule has 6 heteroatoms. The molecular weight excluding hydrogens is 295 g/mol. The van der Waals surface area contributed by atoms with Crippen molar-refractivity contribution in [1.82, 2.24) is 0 Å². The Bertz CT molecular complexity index is 721. The molecule has 21 heavy (non-hydrogen) atoms. The maximum absolute atomic E-state index is 13.7. The number of hydrogen-bond donors (Lipinski definition) is 1. The van der Waals surface area contributed by atoms with E-state index >= 15 is 0 Å². The summed E-state index contributed by atoms with van der Waals surface area (Å²) in [6.45, 7) is 0. The van der Waals surface area contributed by atoms with Gasteiger partial charge in [-0.3, -0.25) is 10.1 Å². The number of anilines is 1. The molecule has 0 aromatic heterocycles. The van der Waals surface area contributed by atoms with Gasteiger partial charge in [0.2, 0.25) is 0 Å². The second-order valence-corrected chi connectivity index (χ2v) is 5.37. The van der Waals surface area contributed by atoms with Crippen molar-refractivity contribution in [2.45, 2.75) is 18.9 Å². The van der Waals surface area contributed by atoms with Crippen molar-refractivity contribution >= 4 is 23.0 Å². The van der Waals surface area contributed by atoms with Crippen LogP contribution in [0, 0.1) is 15.9 Å². The fraction of sp³-hybridized carbons (Fsp3) is 0.200. The summed E-state index contributed by atoms with van der Waals surface area (Å²) in [4.78, 5) is 10.2. The molecule has 0 saturated carbocycles. The molecule has 1 unspecified atom stereocenters. The minimum Gasteiger partial charge on any atom is -0.378 e. The van der Waals surface area contributed by atoms with E-state index in [0.717, 1.165) is 17.5 Å². The van der Waals surface area contributed by atoms with Crippen LogP contribution < -0.4 is 5.32 Å². The monoisotopic (exact) mass is 306 g/mol. The van der Waals surface area contributed by atoms with Gasteiger partial charge in [-0.15, -0.1) is 0 Å². The summed E-state index contributed by atoms with van der Waals surface area (Å²) in [6, 6.07) is 9.55. The zero-order valence-corrected chi connectivity index (χ0v) is 11.7. The minimum absolute atomic E-state index is 0.00628. The van der Waals surface area contributed by atoms with Gasteiger partial charge >= 0.3 is 0 Å². The lowest BCUT2D eigenvalue weighted by atomic mass is 10.1. The van der Waals surface area contributed by atoms with Gasteiger partial charge in [0.1, 0.15) is 10.8 Å². The lowest BCUT2D eigenvalue weighted by Crippen LogP contribution is -2.07. The molecule has 2 aromatic rings. The molecule has 0 saturated heterocycles. The Kier molecular flexibility index (Phi) is 3.51. The third kappa shape index (κ3) is 2.56. The van der Waals surface area contributed by atoms with Crippen LogP contribution in [0.15, 0.2) is 36.4 Å². The van der Waals surface area contributed by atoms with Crippen LogP contribution in [0.4, 0.5) is 15.8 Å². The molecule has 0 spiro atoms. The van der Waals surface area contributed by atoms with Gasteiger partial charge in [0.25, 0.3) is 5.69 Å². The van der Waals surface area contributed by atoms with E-state index in [1.807, 2.05) is 6.07 Å². The Balaban J connectivity index is 1.85. The van der Waals surface area contributed by atoms with Gasteiger partial charge < -0.3 is 5.32 Å². The van der Waals surface area contributed by atoms with Gasteiger partial charge in [-0.1, -0.05) is 23.7 Å². The first-order chi connectivity index (χ1) is 10.1. The Morgan fingerprint density at radius 2 is 2.14 bits per heavy atom. The first-order valence-electron chi connectivity index (χ1n) is 6.54. The van der Waals surface area contributed by atoms with Crippen LogP contribution in [0.25, 0.3) is 0 Å². The number of nitrogens with one attached hydrogen (secondary N) is 1. The fourth-order valence-electron chi connectivity index (χ4n) is 2.71. The van der Waals surface area contributed by atoms with Crippen molar-refractivity contribution < 1.29 is 9.31 Å². The summed E-state index contributed by atoms with van der Waals surface area (Å²) in [5, 5.41) is 14.1. The molecule has 1 aliphatic carbocycles. The second kappa shape index (κ2) is 5.33. The molecule has 4 nitrogen and oxygen atoms in total. The number of rotatable bonds is 3. The van der Waals surface area contributed by atoms with Crippen molar-refractivity contribution in [2.75, 3.05) is 5.32 Å². The maximum Gasteiger partial charge on any atom is 0.288 e. The Morgan fingerprint density at radius 3 is 2.86 bits per heavy atom. The van der Waals surface area contributed by atoms with Gasteiger partial charge in [0.05, 0.1) is 11.0 Å². The smallest absolute Gasteiger partial charge is 0.288 e. The van der Waals surface area contributed by atoms with E-state index in [0.29, 0.717) is 12.1 Å². The van der Waals surface area contributed by atoms with Gasteiger partial charge in [-0.2, -0.15) is 0 Å². The molecule has 1 N–H and O–H groups in total. The summed E-state index contributed by atoms with van der Waals surface area (Å²) < 4.78 is 13.7. The largest absolute Gasteiger partial charge is 0.378 e. The fourth-order valence-corrected chi connectivity index (χ4v) is 2.96. The molecule has 1 aliphatic rings. The lowest BCUT2D eigenvalue weighted by Gasteiger charge is -2.15. The predicted octanol–water partition coefficient (Wildman–Crippen LogP) is 4.49. The Labute approximate surface area is 125 Å². The van der Waals surface area contributed by atoms with Crippen LogP contribution in [0.2, 0.25) is 5.02 Å². The highest BCUT2D eigenvalue weighted by atomic mass is 35.5. The molecule has 0 aliphatic heterocycles. The van der Waals surface area contributed by atoms with Crippen LogP contribution in [-0.4, -0.2) is 4.92 Å². The molecule has 0 heterocycles. The molecule has 0 fully saturated rings. The molecule has 3 rings (SSSR count). The molecule has 1 atom stereocenters. The van der Waals surface area contributed by atoms with E-state index < -0.39 is 4.92 Å². The Hall–Kier alpha value is -2.14. The first kappa shape index (κ1) is 13.8. The van der Waals surface area contributed by atoms with Crippen LogP contribution >= 0.6 is 11.6 Å². The van der Waals surface area contributed by atoms with E-state index in [4.69, 9.17) is 11.6 Å².